The number of halogens is 1. The van der Waals surface area contributed by atoms with Gasteiger partial charge in [0.05, 0.1) is 5.56 Å². The van der Waals surface area contributed by atoms with Gasteiger partial charge in [0.2, 0.25) is 11.8 Å². The summed E-state index contributed by atoms with van der Waals surface area (Å²) >= 11 is 3.45. The number of rotatable bonds is 5. The van der Waals surface area contributed by atoms with Crippen molar-refractivity contribution in [3.63, 3.8) is 0 Å². The van der Waals surface area contributed by atoms with E-state index in [1.54, 1.807) is 18.2 Å². The molecule has 0 N–H and O–H groups in total. The third-order valence-corrected chi connectivity index (χ3v) is 4.88. The Morgan fingerprint density at radius 3 is 2.32 bits per heavy atom. The monoisotopic (exact) mass is 434 g/mol. The fourth-order valence-electron chi connectivity index (χ4n) is 2.66. The first-order valence-corrected chi connectivity index (χ1v) is 9.40. The van der Waals surface area contributed by atoms with Gasteiger partial charge < -0.3 is 9.15 Å². The minimum Gasteiger partial charge on any atom is -0.457 e. The lowest BCUT2D eigenvalue weighted by molar-refractivity contribution is 0.0472. The summed E-state index contributed by atoms with van der Waals surface area (Å²) in [5, 5.41) is 8.18. The van der Waals surface area contributed by atoms with Crippen LogP contribution in [0.15, 0.2) is 87.8 Å². The molecule has 3 aromatic carbocycles. The predicted molar refractivity (Wildman–Crippen MR) is 108 cm³/mol. The predicted octanol–water partition coefficient (Wildman–Crippen LogP) is 5.52. The lowest BCUT2D eigenvalue weighted by Gasteiger charge is -2.07. The van der Waals surface area contributed by atoms with Gasteiger partial charge in [0.1, 0.15) is 6.61 Å². The van der Waals surface area contributed by atoms with Crippen molar-refractivity contribution in [3.05, 3.63) is 94.5 Å². The molecule has 0 saturated carbocycles. The highest BCUT2D eigenvalue weighted by atomic mass is 79.9. The molecule has 4 aromatic rings. The number of ether oxygens (including phenoxy) is 1. The molecule has 0 amide bonds. The highest BCUT2D eigenvalue weighted by Crippen LogP contribution is 2.25. The van der Waals surface area contributed by atoms with Gasteiger partial charge in [0, 0.05) is 21.2 Å². The first kappa shape index (κ1) is 18.1. The van der Waals surface area contributed by atoms with E-state index in [2.05, 4.69) is 26.1 Å². The smallest absolute Gasteiger partial charge is 0.338 e. The first-order valence-electron chi connectivity index (χ1n) is 8.60. The Morgan fingerprint density at radius 1 is 0.857 bits per heavy atom. The summed E-state index contributed by atoms with van der Waals surface area (Å²) in [6.45, 7) is 0.184. The van der Waals surface area contributed by atoms with Gasteiger partial charge >= 0.3 is 5.97 Å². The van der Waals surface area contributed by atoms with Crippen molar-refractivity contribution in [1.82, 2.24) is 10.2 Å². The summed E-state index contributed by atoms with van der Waals surface area (Å²) in [5.41, 5.74) is 2.82. The Hall–Kier alpha value is -3.25. The molecule has 138 valence electrons. The van der Waals surface area contributed by atoms with Crippen LogP contribution >= 0.6 is 15.9 Å². The fraction of sp³-hybridized carbons (Fsp3) is 0.0455. The zero-order chi connectivity index (χ0) is 19.3. The van der Waals surface area contributed by atoms with Crippen molar-refractivity contribution in [1.29, 1.82) is 0 Å². The number of benzene rings is 3. The molecule has 0 saturated heterocycles. The molecule has 0 radical (unpaired) electrons. The van der Waals surface area contributed by atoms with Crippen LogP contribution in [0.1, 0.15) is 15.9 Å². The summed E-state index contributed by atoms with van der Waals surface area (Å²) in [4.78, 5) is 12.4. The van der Waals surface area contributed by atoms with E-state index >= 15 is 0 Å². The highest BCUT2D eigenvalue weighted by Gasteiger charge is 2.14. The summed E-state index contributed by atoms with van der Waals surface area (Å²) in [6.07, 6.45) is 0. The van der Waals surface area contributed by atoms with Crippen molar-refractivity contribution in [2.24, 2.45) is 0 Å². The van der Waals surface area contributed by atoms with Crippen LogP contribution < -0.4 is 0 Å². The van der Waals surface area contributed by atoms with Gasteiger partial charge in [0.25, 0.3) is 0 Å². The topological polar surface area (TPSA) is 65.2 Å². The fourth-order valence-corrected chi connectivity index (χ4v) is 3.06. The van der Waals surface area contributed by atoms with Gasteiger partial charge in [-0.1, -0.05) is 58.4 Å². The third-order valence-electron chi connectivity index (χ3n) is 4.11. The zero-order valence-corrected chi connectivity index (χ0v) is 16.3. The summed E-state index contributed by atoms with van der Waals surface area (Å²) in [6, 6.07) is 24.1. The Morgan fingerprint density at radius 2 is 1.54 bits per heavy atom. The summed E-state index contributed by atoms with van der Waals surface area (Å²) < 4.78 is 12.1. The van der Waals surface area contributed by atoms with Gasteiger partial charge in [-0.3, -0.25) is 0 Å². The SMILES string of the molecule is O=C(OCc1ccccc1Br)c1cccc(-c2nnc(-c3ccccc3)o2)c1. The van der Waals surface area contributed by atoms with Crippen molar-refractivity contribution in [3.8, 4) is 22.9 Å². The van der Waals surface area contributed by atoms with Gasteiger partial charge in [-0.15, -0.1) is 10.2 Å². The van der Waals surface area contributed by atoms with E-state index in [4.69, 9.17) is 9.15 Å². The summed E-state index contributed by atoms with van der Waals surface area (Å²) in [5.74, 6) is 0.359. The maximum Gasteiger partial charge on any atom is 0.338 e. The molecule has 0 fully saturated rings. The van der Waals surface area contributed by atoms with Crippen LogP contribution in [0.5, 0.6) is 0 Å². The molecule has 0 atom stereocenters. The second-order valence-electron chi connectivity index (χ2n) is 6.03. The molecule has 0 bridgehead atoms. The van der Waals surface area contributed by atoms with E-state index in [1.807, 2.05) is 60.7 Å². The van der Waals surface area contributed by atoms with Crippen LogP contribution in [0, 0.1) is 0 Å². The average molecular weight is 435 g/mol. The van der Waals surface area contributed by atoms with Crippen molar-refractivity contribution >= 4 is 21.9 Å². The Balaban J connectivity index is 1.51. The maximum absolute atomic E-state index is 12.4. The largest absolute Gasteiger partial charge is 0.457 e. The normalized spacial score (nSPS) is 10.6. The number of aromatic nitrogens is 2. The van der Waals surface area contributed by atoms with E-state index in [9.17, 15) is 4.79 Å². The van der Waals surface area contributed by atoms with Crippen molar-refractivity contribution < 1.29 is 13.9 Å². The average Bonchev–Trinajstić information content (AvgIpc) is 3.24. The molecule has 0 unspecified atom stereocenters. The number of hydrogen-bond donors (Lipinski definition) is 0. The zero-order valence-electron chi connectivity index (χ0n) is 14.7. The first-order chi connectivity index (χ1) is 13.7. The van der Waals surface area contributed by atoms with Crippen LogP contribution in [-0.4, -0.2) is 16.2 Å². The van der Waals surface area contributed by atoms with Gasteiger partial charge in [0.15, 0.2) is 0 Å². The van der Waals surface area contributed by atoms with E-state index in [-0.39, 0.29) is 6.61 Å². The van der Waals surface area contributed by atoms with Crippen LogP contribution in [0.3, 0.4) is 0 Å². The number of esters is 1. The number of hydrogen-bond acceptors (Lipinski definition) is 5. The Bertz CT molecular complexity index is 1110. The minimum atomic E-state index is -0.416. The molecule has 1 aromatic heterocycles. The third kappa shape index (κ3) is 4.02. The molecule has 0 spiro atoms. The summed E-state index contributed by atoms with van der Waals surface area (Å²) in [7, 11) is 0. The van der Waals surface area contributed by atoms with E-state index in [0.29, 0.717) is 22.9 Å². The van der Waals surface area contributed by atoms with Gasteiger partial charge in [-0.2, -0.15) is 0 Å². The molecule has 1 heterocycles. The Labute approximate surface area is 170 Å². The maximum atomic E-state index is 12.4. The number of nitrogens with zero attached hydrogens (tertiary/aromatic N) is 2. The van der Waals surface area contributed by atoms with Crippen LogP contribution in [-0.2, 0) is 11.3 Å². The lowest BCUT2D eigenvalue weighted by atomic mass is 10.1. The van der Waals surface area contributed by atoms with Crippen LogP contribution in [0.2, 0.25) is 0 Å². The van der Waals surface area contributed by atoms with Gasteiger partial charge in [-0.05, 0) is 36.4 Å². The Kier molecular flexibility index (Phi) is 5.30. The van der Waals surface area contributed by atoms with E-state index in [0.717, 1.165) is 15.6 Å². The second-order valence-corrected chi connectivity index (χ2v) is 6.88. The quantitative estimate of drug-likeness (QED) is 0.386. The number of carbonyl (C=O) groups is 1. The second kappa shape index (κ2) is 8.19. The van der Waals surface area contributed by atoms with Crippen LogP contribution in [0.4, 0.5) is 0 Å². The molecule has 0 aliphatic heterocycles. The lowest BCUT2D eigenvalue weighted by Crippen LogP contribution is -2.05. The molecule has 0 aliphatic rings. The highest BCUT2D eigenvalue weighted by molar-refractivity contribution is 9.10. The van der Waals surface area contributed by atoms with Crippen molar-refractivity contribution in [2.75, 3.05) is 0 Å². The molecular formula is C22H15BrN2O3. The van der Waals surface area contributed by atoms with Gasteiger partial charge in [-0.25, -0.2) is 4.79 Å². The van der Waals surface area contributed by atoms with E-state index < -0.39 is 5.97 Å². The molecule has 28 heavy (non-hydrogen) atoms. The molecule has 6 heteroatoms. The minimum absolute atomic E-state index is 0.184. The van der Waals surface area contributed by atoms with Crippen LogP contribution in [0.25, 0.3) is 22.9 Å². The number of carbonyl (C=O) groups excluding carboxylic acids is 1. The molecule has 0 aliphatic carbocycles. The van der Waals surface area contributed by atoms with E-state index in [1.165, 1.54) is 0 Å². The standard InChI is InChI=1S/C22H15BrN2O3/c23-19-12-5-4-9-18(19)14-27-22(26)17-11-6-10-16(13-17)21-25-24-20(28-21)15-7-2-1-3-8-15/h1-13H,14H2. The molecular weight excluding hydrogens is 420 g/mol. The van der Waals surface area contributed by atoms with Crippen molar-refractivity contribution in [2.45, 2.75) is 6.61 Å². The molecule has 5 nitrogen and oxygen atoms in total. The molecule has 4 rings (SSSR count).